The summed E-state index contributed by atoms with van der Waals surface area (Å²) < 4.78 is 2.38. The molecule has 2 atom stereocenters. The third-order valence-electron chi connectivity index (χ3n) is 7.19. The number of aromatic nitrogens is 2. The van der Waals surface area contributed by atoms with Gasteiger partial charge < -0.3 is 20.1 Å². The molecule has 3 heterocycles. The molecule has 1 aliphatic carbocycles. The first-order valence-corrected chi connectivity index (χ1v) is 13.5. The Hall–Kier alpha value is -2.90. The van der Waals surface area contributed by atoms with Crippen LogP contribution in [0.3, 0.4) is 0 Å². The highest BCUT2D eigenvalue weighted by Gasteiger charge is 2.41. The molecule has 0 unspecified atom stereocenters. The van der Waals surface area contributed by atoms with Gasteiger partial charge in [-0.15, -0.1) is 0 Å². The van der Waals surface area contributed by atoms with Crippen LogP contribution in [0.25, 0.3) is 0 Å². The molecule has 2 N–H and O–H groups in total. The average Bonchev–Trinajstić information content (AvgIpc) is 3.51. The smallest absolute Gasteiger partial charge is 0.226 e. The van der Waals surface area contributed by atoms with Crippen molar-refractivity contribution in [3.8, 4) is 0 Å². The predicted octanol–water partition coefficient (Wildman–Crippen LogP) is 6.81. The van der Waals surface area contributed by atoms with Crippen LogP contribution in [-0.2, 0) is 4.79 Å². The summed E-state index contributed by atoms with van der Waals surface area (Å²) in [6.45, 7) is 3.71. The molecule has 2 fully saturated rings. The summed E-state index contributed by atoms with van der Waals surface area (Å²) >= 11 is 12.5. The first-order valence-electron chi connectivity index (χ1n) is 12.7. The van der Waals surface area contributed by atoms with Gasteiger partial charge in [0.1, 0.15) is 0 Å². The third-order valence-corrected chi connectivity index (χ3v) is 7.81. The lowest BCUT2D eigenvalue weighted by Crippen LogP contribution is -2.29. The molecule has 0 bridgehead atoms. The summed E-state index contributed by atoms with van der Waals surface area (Å²) in [5, 5.41) is 7.51. The van der Waals surface area contributed by atoms with Gasteiger partial charge in [-0.25, -0.2) is 0 Å². The lowest BCUT2D eigenvalue weighted by Gasteiger charge is -2.28. The number of benzene rings is 1. The maximum absolute atomic E-state index is 12.2. The highest BCUT2D eigenvalue weighted by Crippen LogP contribution is 2.43. The number of hydrogen-bond donors (Lipinski definition) is 2. The number of carbonyl (C=O) groups is 1. The van der Waals surface area contributed by atoms with E-state index in [9.17, 15) is 4.79 Å². The van der Waals surface area contributed by atoms with Gasteiger partial charge in [0.05, 0.1) is 28.5 Å². The van der Waals surface area contributed by atoms with E-state index in [2.05, 4.69) is 43.5 Å². The number of rotatable bonds is 6. The molecule has 188 valence electrons. The Morgan fingerprint density at radius 1 is 1.17 bits per heavy atom. The van der Waals surface area contributed by atoms with Gasteiger partial charge in [0, 0.05) is 36.2 Å². The molecule has 5 rings (SSSR count). The van der Waals surface area contributed by atoms with Gasteiger partial charge in [0.2, 0.25) is 5.91 Å². The molecule has 2 aromatic heterocycles. The number of anilines is 2. The van der Waals surface area contributed by atoms with Crippen molar-refractivity contribution >= 4 is 46.2 Å². The molecule has 36 heavy (non-hydrogen) atoms. The monoisotopic (exact) mass is 521 g/mol. The van der Waals surface area contributed by atoms with Crippen molar-refractivity contribution in [2.45, 2.75) is 64.1 Å². The van der Waals surface area contributed by atoms with Crippen molar-refractivity contribution in [3.63, 3.8) is 0 Å². The number of nitrogens with one attached hydrogen (secondary N) is 2. The van der Waals surface area contributed by atoms with Crippen molar-refractivity contribution in [3.05, 3.63) is 77.3 Å². The molecule has 1 amide bonds. The van der Waals surface area contributed by atoms with Gasteiger partial charge in [-0.05, 0) is 67.0 Å². The Morgan fingerprint density at radius 3 is 2.67 bits per heavy atom. The molecule has 8 heteroatoms. The summed E-state index contributed by atoms with van der Waals surface area (Å²) in [6, 6.07) is 14.2. The molecule has 1 saturated heterocycles. The predicted molar refractivity (Wildman–Crippen MR) is 149 cm³/mol. The van der Waals surface area contributed by atoms with E-state index in [4.69, 9.17) is 23.8 Å². The van der Waals surface area contributed by atoms with Gasteiger partial charge in [0.15, 0.2) is 5.11 Å². The minimum absolute atomic E-state index is 0.0693. The number of thiocarbonyl (C=S) groups is 1. The van der Waals surface area contributed by atoms with Crippen molar-refractivity contribution in [1.29, 1.82) is 0 Å². The van der Waals surface area contributed by atoms with Crippen molar-refractivity contribution in [1.82, 2.24) is 14.9 Å². The Kier molecular flexibility index (Phi) is 7.30. The molecular weight excluding hydrogens is 490 g/mol. The van der Waals surface area contributed by atoms with Crippen molar-refractivity contribution in [2.75, 3.05) is 10.2 Å². The molecule has 1 saturated carbocycles. The molecule has 3 aromatic rings. The Balaban J connectivity index is 1.51. The minimum Gasteiger partial charge on any atom is -0.351 e. The molecule has 1 aliphatic heterocycles. The molecule has 0 spiro atoms. The van der Waals surface area contributed by atoms with Gasteiger partial charge in [0.25, 0.3) is 0 Å². The standard InChI is InChI=1S/C28H32ClN5OS/c1-18(2)27(35)31-23-12-11-21(16-22(23)29)34-26(25(32-28(34)36)24-10-6-7-14-30-24)19-13-15-33(17-19)20-8-4-3-5-9-20/h6-7,10-18,20,25-26H,3-5,8-9H2,1-2H3,(H,31,35)(H,32,36)/t25-,26-/m1/s1. The van der Waals surface area contributed by atoms with Crippen LogP contribution in [0.4, 0.5) is 11.4 Å². The molecule has 0 radical (unpaired) electrons. The summed E-state index contributed by atoms with van der Waals surface area (Å²) in [5.41, 5.74) is 3.58. The number of nitrogens with zero attached hydrogens (tertiary/aromatic N) is 3. The lowest BCUT2D eigenvalue weighted by molar-refractivity contribution is -0.118. The summed E-state index contributed by atoms with van der Waals surface area (Å²) in [4.78, 5) is 19.0. The number of pyridine rings is 1. The van der Waals surface area contributed by atoms with Crippen LogP contribution in [0.1, 0.15) is 75.3 Å². The first-order chi connectivity index (χ1) is 17.4. The topological polar surface area (TPSA) is 62.2 Å². The maximum Gasteiger partial charge on any atom is 0.226 e. The highest BCUT2D eigenvalue weighted by molar-refractivity contribution is 7.80. The fourth-order valence-corrected chi connectivity index (χ4v) is 5.78. The molecule has 1 aromatic carbocycles. The van der Waals surface area contributed by atoms with Crippen LogP contribution < -0.4 is 15.5 Å². The minimum atomic E-state index is -0.132. The van der Waals surface area contributed by atoms with Crippen LogP contribution in [0.5, 0.6) is 0 Å². The highest BCUT2D eigenvalue weighted by atomic mass is 35.5. The van der Waals surface area contributed by atoms with Crippen LogP contribution in [0.15, 0.2) is 61.1 Å². The SMILES string of the molecule is CC(C)C(=O)Nc1ccc(N2C(=S)N[C@H](c3ccccn3)[C@H]2c2ccn(C3CCCCC3)c2)cc1Cl. The zero-order chi connectivity index (χ0) is 25.2. The average molecular weight is 522 g/mol. The third kappa shape index (κ3) is 5.00. The molecule has 6 nitrogen and oxygen atoms in total. The Morgan fingerprint density at radius 2 is 1.97 bits per heavy atom. The van der Waals surface area contributed by atoms with Gasteiger partial charge in [-0.3, -0.25) is 9.78 Å². The van der Waals surface area contributed by atoms with Crippen LogP contribution in [0, 0.1) is 5.92 Å². The zero-order valence-electron chi connectivity index (χ0n) is 20.7. The largest absolute Gasteiger partial charge is 0.351 e. The summed E-state index contributed by atoms with van der Waals surface area (Å²) in [6.07, 6.45) is 12.6. The number of carbonyl (C=O) groups excluding carboxylic acids is 1. The van der Waals surface area contributed by atoms with Gasteiger partial charge in [-0.1, -0.05) is 50.8 Å². The van der Waals surface area contributed by atoms with E-state index in [-0.39, 0.29) is 23.9 Å². The van der Waals surface area contributed by atoms with Crippen molar-refractivity contribution in [2.24, 2.45) is 5.92 Å². The second kappa shape index (κ2) is 10.6. The quantitative estimate of drug-likeness (QED) is 0.349. The van der Waals surface area contributed by atoms with Crippen LogP contribution >= 0.6 is 23.8 Å². The first kappa shape index (κ1) is 24.8. The van der Waals surface area contributed by atoms with Gasteiger partial charge in [-0.2, -0.15) is 0 Å². The number of hydrogen-bond acceptors (Lipinski definition) is 3. The summed E-state index contributed by atoms with van der Waals surface area (Å²) in [5.74, 6) is -0.201. The Bertz CT molecular complexity index is 1240. The fourth-order valence-electron chi connectivity index (χ4n) is 5.22. The second-order valence-corrected chi connectivity index (χ2v) is 10.8. The maximum atomic E-state index is 12.2. The summed E-state index contributed by atoms with van der Waals surface area (Å²) in [7, 11) is 0. The van der Waals surface area contributed by atoms with E-state index in [1.54, 1.807) is 0 Å². The van der Waals surface area contributed by atoms with E-state index >= 15 is 0 Å². The fraction of sp³-hybridized carbons (Fsp3) is 0.393. The van der Waals surface area contributed by atoms with Crippen LogP contribution in [0.2, 0.25) is 5.02 Å². The zero-order valence-corrected chi connectivity index (χ0v) is 22.2. The lowest BCUT2D eigenvalue weighted by atomic mass is 9.95. The van der Waals surface area contributed by atoms with E-state index in [1.807, 2.05) is 56.4 Å². The van der Waals surface area contributed by atoms with E-state index in [0.717, 1.165) is 11.4 Å². The normalized spacial score (nSPS) is 20.6. The second-order valence-electron chi connectivity index (χ2n) is 9.99. The number of amides is 1. The van der Waals surface area contributed by atoms with Crippen molar-refractivity contribution < 1.29 is 4.79 Å². The van der Waals surface area contributed by atoms with E-state index in [0.29, 0.717) is 21.9 Å². The Labute approximate surface area is 223 Å². The molecule has 2 aliphatic rings. The van der Waals surface area contributed by atoms with Crippen LogP contribution in [-0.4, -0.2) is 20.6 Å². The van der Waals surface area contributed by atoms with Gasteiger partial charge >= 0.3 is 0 Å². The molecular formula is C28H32ClN5OS. The van der Waals surface area contributed by atoms with E-state index < -0.39 is 0 Å². The van der Waals surface area contributed by atoms with E-state index in [1.165, 1.54) is 37.7 Å². The number of halogens is 1.